The first kappa shape index (κ1) is 20.9. The van der Waals surface area contributed by atoms with Crippen molar-refractivity contribution in [3.05, 3.63) is 65.2 Å². The fraction of sp³-hybridized carbons (Fsp3) is 0.391. The molecule has 1 aliphatic rings. The number of hydrogen-bond donors (Lipinski definition) is 2. The first-order valence-corrected chi connectivity index (χ1v) is 9.83. The molecule has 0 unspecified atom stereocenters. The van der Waals surface area contributed by atoms with Crippen LogP contribution in [0.5, 0.6) is 5.75 Å². The number of carbonyl (C=O) groups is 2. The zero-order chi connectivity index (χ0) is 21.2. The molecule has 2 atom stereocenters. The van der Waals surface area contributed by atoms with Gasteiger partial charge in [0.15, 0.2) is 0 Å². The van der Waals surface area contributed by atoms with Crippen LogP contribution in [0.4, 0.5) is 4.79 Å². The molecule has 3 rings (SSSR count). The number of nitrogens with one attached hydrogen (secondary N) is 1. The van der Waals surface area contributed by atoms with Crippen LogP contribution in [0.25, 0.3) is 0 Å². The number of urea groups is 1. The monoisotopic (exact) mass is 396 g/mol. The molecule has 1 aliphatic heterocycles. The van der Waals surface area contributed by atoms with Crippen LogP contribution in [0.3, 0.4) is 0 Å². The lowest BCUT2D eigenvalue weighted by Crippen LogP contribution is -2.42. The van der Waals surface area contributed by atoms with Gasteiger partial charge in [0.1, 0.15) is 24.0 Å². The topological polar surface area (TPSA) is 78.9 Å². The molecule has 1 heterocycles. The van der Waals surface area contributed by atoms with E-state index in [0.29, 0.717) is 17.2 Å². The lowest BCUT2D eigenvalue weighted by molar-refractivity contribution is -0.132. The summed E-state index contributed by atoms with van der Waals surface area (Å²) in [6, 6.07) is 14.6. The summed E-state index contributed by atoms with van der Waals surface area (Å²) in [5.74, 6) is 0.636. The summed E-state index contributed by atoms with van der Waals surface area (Å²) in [5, 5.41) is 13.1. The highest BCUT2D eigenvalue weighted by Crippen LogP contribution is 2.30. The SMILES string of the molecule is Cc1cccc(OC[C@H](O)CN2C(=O)N[C@](C)(c3ccc(C(C)C)cc3)C2=O)c1. The average molecular weight is 396 g/mol. The third-order valence-electron chi connectivity index (χ3n) is 5.25. The number of aryl methyl sites for hydroxylation is 1. The van der Waals surface area contributed by atoms with Gasteiger partial charge >= 0.3 is 6.03 Å². The molecule has 0 aromatic heterocycles. The van der Waals surface area contributed by atoms with Crippen LogP contribution in [-0.4, -0.2) is 41.2 Å². The van der Waals surface area contributed by atoms with E-state index in [1.54, 1.807) is 13.0 Å². The Labute approximate surface area is 171 Å². The Morgan fingerprint density at radius 1 is 1.14 bits per heavy atom. The Morgan fingerprint density at radius 2 is 1.83 bits per heavy atom. The Bertz CT molecular complexity index is 894. The van der Waals surface area contributed by atoms with Crippen molar-refractivity contribution >= 4 is 11.9 Å². The molecule has 1 fully saturated rings. The minimum absolute atomic E-state index is 0.0136. The summed E-state index contributed by atoms with van der Waals surface area (Å²) in [7, 11) is 0. The Morgan fingerprint density at radius 3 is 2.45 bits per heavy atom. The number of benzene rings is 2. The van der Waals surface area contributed by atoms with Crippen molar-refractivity contribution in [2.45, 2.75) is 45.3 Å². The normalized spacial score (nSPS) is 20.1. The summed E-state index contributed by atoms with van der Waals surface area (Å²) in [6.07, 6.45) is -0.990. The van der Waals surface area contributed by atoms with Crippen LogP contribution in [0.15, 0.2) is 48.5 Å². The van der Waals surface area contributed by atoms with E-state index in [0.717, 1.165) is 16.0 Å². The van der Waals surface area contributed by atoms with E-state index in [1.807, 2.05) is 49.4 Å². The molecule has 1 saturated heterocycles. The van der Waals surface area contributed by atoms with Gasteiger partial charge in [-0.2, -0.15) is 0 Å². The van der Waals surface area contributed by atoms with Gasteiger partial charge in [-0.1, -0.05) is 50.2 Å². The van der Waals surface area contributed by atoms with Crippen LogP contribution >= 0.6 is 0 Å². The lowest BCUT2D eigenvalue weighted by Gasteiger charge is -2.23. The van der Waals surface area contributed by atoms with Crippen molar-refractivity contribution in [1.82, 2.24) is 10.2 Å². The van der Waals surface area contributed by atoms with Crippen molar-refractivity contribution < 1.29 is 19.4 Å². The molecule has 6 nitrogen and oxygen atoms in total. The zero-order valence-electron chi connectivity index (χ0n) is 17.3. The third kappa shape index (κ3) is 4.43. The Balaban J connectivity index is 1.66. The number of ether oxygens (including phenoxy) is 1. The summed E-state index contributed by atoms with van der Waals surface area (Å²) in [6.45, 7) is 7.69. The molecule has 0 radical (unpaired) electrons. The highest BCUT2D eigenvalue weighted by molar-refractivity contribution is 6.07. The van der Waals surface area contributed by atoms with Gasteiger partial charge in [-0.25, -0.2) is 4.79 Å². The van der Waals surface area contributed by atoms with E-state index in [4.69, 9.17) is 4.74 Å². The molecule has 154 valence electrons. The second kappa shape index (κ2) is 8.25. The number of rotatable bonds is 7. The molecule has 0 bridgehead atoms. The number of β-amino-alcohol motifs (C(OH)–C–C–N with tert-alkyl or cyclic N) is 1. The summed E-state index contributed by atoms with van der Waals surface area (Å²) in [5.41, 5.74) is 1.78. The van der Waals surface area contributed by atoms with Gasteiger partial charge in [0.05, 0.1) is 6.54 Å². The molecule has 2 aromatic carbocycles. The predicted molar refractivity (Wildman–Crippen MR) is 111 cm³/mol. The van der Waals surface area contributed by atoms with Gasteiger partial charge in [0.2, 0.25) is 0 Å². The van der Waals surface area contributed by atoms with Crippen molar-refractivity contribution in [1.29, 1.82) is 0 Å². The van der Waals surface area contributed by atoms with Gasteiger partial charge in [0.25, 0.3) is 5.91 Å². The van der Waals surface area contributed by atoms with E-state index < -0.39 is 17.7 Å². The van der Waals surface area contributed by atoms with Gasteiger partial charge in [0, 0.05) is 0 Å². The maximum absolute atomic E-state index is 13.0. The van der Waals surface area contributed by atoms with Gasteiger partial charge < -0.3 is 15.2 Å². The quantitative estimate of drug-likeness (QED) is 0.704. The maximum atomic E-state index is 13.0. The highest BCUT2D eigenvalue weighted by atomic mass is 16.5. The molecule has 0 spiro atoms. The number of hydrogen-bond acceptors (Lipinski definition) is 4. The fourth-order valence-corrected chi connectivity index (χ4v) is 3.42. The molecular formula is C23H28N2O4. The lowest BCUT2D eigenvalue weighted by atomic mass is 9.90. The molecule has 29 heavy (non-hydrogen) atoms. The number of aliphatic hydroxyl groups is 1. The predicted octanol–water partition coefficient (Wildman–Crippen LogP) is 3.33. The van der Waals surface area contributed by atoms with Crippen LogP contribution < -0.4 is 10.1 Å². The summed E-state index contributed by atoms with van der Waals surface area (Å²) in [4.78, 5) is 26.5. The molecule has 6 heteroatoms. The molecule has 2 N–H and O–H groups in total. The van der Waals surface area contributed by atoms with Crippen molar-refractivity contribution in [3.63, 3.8) is 0 Å². The van der Waals surface area contributed by atoms with Crippen LogP contribution in [0.1, 0.15) is 43.4 Å². The second-order valence-corrected chi connectivity index (χ2v) is 8.03. The first-order chi connectivity index (χ1) is 13.7. The van der Waals surface area contributed by atoms with E-state index in [1.165, 1.54) is 0 Å². The Hall–Kier alpha value is -2.86. The van der Waals surface area contributed by atoms with Gasteiger partial charge in [-0.05, 0) is 48.6 Å². The summed E-state index contributed by atoms with van der Waals surface area (Å²) >= 11 is 0. The van der Waals surface area contributed by atoms with E-state index in [-0.39, 0.29) is 19.1 Å². The average Bonchev–Trinajstić information content (AvgIpc) is 2.90. The van der Waals surface area contributed by atoms with Gasteiger partial charge in [-0.3, -0.25) is 9.69 Å². The highest BCUT2D eigenvalue weighted by Gasteiger charge is 2.49. The smallest absolute Gasteiger partial charge is 0.325 e. The minimum atomic E-state index is -1.15. The second-order valence-electron chi connectivity index (χ2n) is 8.03. The van der Waals surface area contributed by atoms with Crippen molar-refractivity contribution in [3.8, 4) is 5.75 Å². The maximum Gasteiger partial charge on any atom is 0.325 e. The third-order valence-corrected chi connectivity index (χ3v) is 5.25. The number of amides is 3. The molecule has 0 saturated carbocycles. The first-order valence-electron chi connectivity index (χ1n) is 9.83. The largest absolute Gasteiger partial charge is 0.491 e. The molecule has 2 aromatic rings. The zero-order valence-corrected chi connectivity index (χ0v) is 17.3. The number of imide groups is 1. The van der Waals surface area contributed by atoms with Crippen molar-refractivity contribution in [2.75, 3.05) is 13.2 Å². The fourth-order valence-electron chi connectivity index (χ4n) is 3.42. The van der Waals surface area contributed by atoms with E-state index in [9.17, 15) is 14.7 Å². The number of nitrogens with zero attached hydrogens (tertiary/aromatic N) is 1. The molecular weight excluding hydrogens is 368 g/mol. The van der Waals surface area contributed by atoms with Gasteiger partial charge in [-0.15, -0.1) is 0 Å². The van der Waals surface area contributed by atoms with E-state index in [2.05, 4.69) is 19.2 Å². The molecule has 3 amide bonds. The number of aliphatic hydroxyl groups excluding tert-OH is 1. The minimum Gasteiger partial charge on any atom is -0.491 e. The Kier molecular flexibility index (Phi) is 5.94. The summed E-state index contributed by atoms with van der Waals surface area (Å²) < 4.78 is 5.58. The van der Waals surface area contributed by atoms with Crippen LogP contribution in [0, 0.1) is 6.92 Å². The van der Waals surface area contributed by atoms with E-state index >= 15 is 0 Å². The van der Waals surface area contributed by atoms with Crippen molar-refractivity contribution in [2.24, 2.45) is 0 Å². The van der Waals surface area contributed by atoms with Crippen LogP contribution in [-0.2, 0) is 10.3 Å². The number of carbonyl (C=O) groups excluding carboxylic acids is 2. The van der Waals surface area contributed by atoms with Crippen LogP contribution in [0.2, 0.25) is 0 Å². The standard InChI is InChI=1S/C23H28N2O4/c1-15(2)17-8-10-18(11-9-17)23(4)21(27)25(22(28)24-23)13-19(26)14-29-20-7-5-6-16(3)12-20/h5-12,15,19,26H,13-14H2,1-4H3,(H,24,28)/t19-,23-/m1/s1. The molecule has 0 aliphatic carbocycles.